The molecule has 0 unspecified atom stereocenters. The molecule has 44 heavy (non-hydrogen) atoms. The zero-order chi connectivity index (χ0) is 31.7. The van der Waals surface area contributed by atoms with Crippen molar-refractivity contribution < 1.29 is 37.0 Å². The number of unbranched alkanes of at least 4 members (excludes halogenated alkanes) is 1. The van der Waals surface area contributed by atoms with Crippen LogP contribution in [0.15, 0.2) is 53.4 Å². The van der Waals surface area contributed by atoms with Gasteiger partial charge in [-0.3, -0.25) is 9.59 Å². The number of amides is 3. The molecule has 2 aliphatic heterocycles. The van der Waals surface area contributed by atoms with Crippen LogP contribution >= 0.6 is 0 Å². The van der Waals surface area contributed by atoms with Crippen LogP contribution in [0.5, 0.6) is 11.5 Å². The molecule has 2 aliphatic rings. The lowest BCUT2D eigenvalue weighted by Gasteiger charge is -2.51. The molecule has 0 aliphatic carbocycles. The Bertz CT molecular complexity index is 1410. The maximum atomic E-state index is 13.6. The fraction of sp³-hybridized carbons (Fsp3) is 0.516. The average Bonchev–Trinajstić information content (AvgIpc) is 3.04. The fourth-order valence-electron chi connectivity index (χ4n) is 5.78. The molecule has 1 atom stereocenters. The van der Waals surface area contributed by atoms with Crippen molar-refractivity contribution >= 4 is 27.9 Å². The van der Waals surface area contributed by atoms with Crippen molar-refractivity contribution in [2.24, 2.45) is 0 Å². The summed E-state index contributed by atoms with van der Waals surface area (Å²) in [6, 6.07) is 13.3. The SMILES string of the molecule is CCCN1C(=O)[C@H](CCCCNC(=O)OCc2ccccc2)NC(=O)C12CCN(S(=O)(=O)c1cc(OC)ccc1OC)CC2. The summed E-state index contributed by atoms with van der Waals surface area (Å²) in [7, 11) is -1.09. The number of rotatable bonds is 13. The van der Waals surface area contributed by atoms with Crippen molar-refractivity contribution in [2.75, 3.05) is 40.4 Å². The highest BCUT2D eigenvalue weighted by Gasteiger charge is 2.54. The van der Waals surface area contributed by atoms with Gasteiger partial charge in [0.1, 0.15) is 34.6 Å². The molecule has 2 fully saturated rings. The van der Waals surface area contributed by atoms with Gasteiger partial charge >= 0.3 is 6.09 Å². The highest BCUT2D eigenvalue weighted by molar-refractivity contribution is 7.89. The lowest BCUT2D eigenvalue weighted by Crippen LogP contribution is -2.73. The van der Waals surface area contributed by atoms with Crippen LogP contribution in [0.25, 0.3) is 0 Å². The van der Waals surface area contributed by atoms with Crippen LogP contribution in [-0.4, -0.2) is 87.5 Å². The lowest BCUT2D eigenvalue weighted by atomic mass is 9.81. The van der Waals surface area contributed by atoms with Gasteiger partial charge in [0.25, 0.3) is 0 Å². The summed E-state index contributed by atoms with van der Waals surface area (Å²) in [5.74, 6) is 0.169. The molecule has 0 aromatic heterocycles. The molecule has 2 aromatic rings. The Balaban J connectivity index is 1.32. The average molecular weight is 631 g/mol. The number of piperazine rings is 1. The summed E-state index contributed by atoms with van der Waals surface area (Å²) in [4.78, 5) is 40.9. The molecule has 2 aromatic carbocycles. The summed E-state index contributed by atoms with van der Waals surface area (Å²) in [5, 5.41) is 5.64. The van der Waals surface area contributed by atoms with Crippen LogP contribution in [0.1, 0.15) is 51.0 Å². The van der Waals surface area contributed by atoms with Crippen molar-refractivity contribution in [1.82, 2.24) is 19.8 Å². The van der Waals surface area contributed by atoms with E-state index in [4.69, 9.17) is 14.2 Å². The number of nitrogens with one attached hydrogen (secondary N) is 2. The van der Waals surface area contributed by atoms with Gasteiger partial charge in [0.2, 0.25) is 21.8 Å². The van der Waals surface area contributed by atoms with Gasteiger partial charge in [0.05, 0.1) is 14.2 Å². The molecule has 2 saturated heterocycles. The van der Waals surface area contributed by atoms with E-state index in [9.17, 15) is 22.8 Å². The minimum atomic E-state index is -3.95. The molecule has 0 saturated carbocycles. The zero-order valence-electron chi connectivity index (χ0n) is 25.5. The summed E-state index contributed by atoms with van der Waals surface area (Å²) in [6.45, 7) is 3.05. The molecule has 2 heterocycles. The highest BCUT2D eigenvalue weighted by Crippen LogP contribution is 2.37. The van der Waals surface area contributed by atoms with Gasteiger partial charge in [-0.1, -0.05) is 37.3 Å². The predicted molar refractivity (Wildman–Crippen MR) is 163 cm³/mol. The molecule has 0 radical (unpaired) electrons. The fourth-order valence-corrected chi connectivity index (χ4v) is 7.39. The molecule has 12 nitrogen and oxygen atoms in total. The van der Waals surface area contributed by atoms with Crippen LogP contribution in [0.4, 0.5) is 4.79 Å². The molecule has 1 spiro atoms. The number of benzene rings is 2. The monoisotopic (exact) mass is 630 g/mol. The normalized spacial score (nSPS) is 18.5. The van der Waals surface area contributed by atoms with E-state index < -0.39 is 27.7 Å². The highest BCUT2D eigenvalue weighted by atomic mass is 32.2. The Kier molecular flexibility index (Phi) is 11.1. The van der Waals surface area contributed by atoms with Crippen LogP contribution < -0.4 is 20.1 Å². The van der Waals surface area contributed by atoms with Gasteiger partial charge in [-0.05, 0) is 56.2 Å². The third kappa shape index (κ3) is 7.27. The van der Waals surface area contributed by atoms with Crippen LogP contribution in [0, 0.1) is 0 Å². The number of nitrogens with zero attached hydrogens (tertiary/aromatic N) is 2. The standard InChI is InChI=1S/C31H42N4O8S/c1-4-18-35-28(36)25(12-8-9-17-32-30(38)43-22-23-10-6-5-7-11-23)33-29(37)31(35)15-19-34(20-16-31)44(39,40)27-21-24(41-2)13-14-26(27)42-3/h5-7,10-11,13-14,21,25H,4,8-9,12,15-20,22H2,1-3H3,(H,32,38)(H,33,37)/t25-/m0/s1. The van der Waals surface area contributed by atoms with Crippen molar-refractivity contribution in [3.8, 4) is 11.5 Å². The van der Waals surface area contributed by atoms with Crippen molar-refractivity contribution in [2.45, 2.75) is 68.5 Å². The first kappa shape index (κ1) is 33.1. The van der Waals surface area contributed by atoms with E-state index >= 15 is 0 Å². The number of ether oxygens (including phenoxy) is 3. The first-order chi connectivity index (χ1) is 21.2. The van der Waals surface area contributed by atoms with Gasteiger partial charge in [0.15, 0.2) is 0 Å². The van der Waals surface area contributed by atoms with Crippen LogP contribution in [-0.2, 0) is 31.0 Å². The zero-order valence-corrected chi connectivity index (χ0v) is 26.4. The van der Waals surface area contributed by atoms with E-state index in [-0.39, 0.29) is 55.0 Å². The third-order valence-electron chi connectivity index (χ3n) is 8.20. The van der Waals surface area contributed by atoms with Crippen LogP contribution in [0.3, 0.4) is 0 Å². The van der Waals surface area contributed by atoms with E-state index in [0.29, 0.717) is 44.5 Å². The van der Waals surface area contributed by atoms with Gasteiger partial charge in [-0.25, -0.2) is 13.2 Å². The first-order valence-electron chi connectivity index (χ1n) is 15.0. The van der Waals surface area contributed by atoms with Gasteiger partial charge in [0, 0.05) is 32.2 Å². The Morgan fingerprint density at radius 3 is 2.43 bits per heavy atom. The lowest BCUT2D eigenvalue weighted by molar-refractivity contribution is -0.160. The van der Waals surface area contributed by atoms with Crippen molar-refractivity contribution in [1.29, 1.82) is 0 Å². The molecule has 2 N–H and O–H groups in total. The second-order valence-corrected chi connectivity index (χ2v) is 12.9. The molecule has 0 bridgehead atoms. The number of alkyl carbamates (subject to hydrolysis) is 1. The van der Waals surface area contributed by atoms with Gasteiger partial charge < -0.3 is 29.7 Å². The minimum absolute atomic E-state index is 0.0103. The second-order valence-electron chi connectivity index (χ2n) is 11.0. The number of hydrogen-bond donors (Lipinski definition) is 2. The quantitative estimate of drug-likeness (QED) is 0.322. The van der Waals surface area contributed by atoms with Crippen molar-refractivity contribution in [3.63, 3.8) is 0 Å². The number of methoxy groups -OCH3 is 2. The molecule has 240 valence electrons. The topological polar surface area (TPSA) is 144 Å². The number of piperidine rings is 1. The minimum Gasteiger partial charge on any atom is -0.497 e. The molecular weight excluding hydrogens is 588 g/mol. The van der Waals surface area contributed by atoms with Crippen molar-refractivity contribution in [3.05, 3.63) is 54.1 Å². The van der Waals surface area contributed by atoms with E-state index in [1.807, 2.05) is 37.3 Å². The molecule has 13 heteroatoms. The van der Waals surface area contributed by atoms with E-state index in [0.717, 1.165) is 5.56 Å². The largest absolute Gasteiger partial charge is 0.497 e. The summed E-state index contributed by atoms with van der Waals surface area (Å²) >= 11 is 0. The molecule has 4 rings (SSSR count). The van der Waals surface area contributed by atoms with E-state index in [1.54, 1.807) is 17.0 Å². The van der Waals surface area contributed by atoms with Gasteiger partial charge in [-0.2, -0.15) is 4.31 Å². The molecule has 3 amide bonds. The van der Waals surface area contributed by atoms with E-state index in [1.165, 1.54) is 24.6 Å². The Morgan fingerprint density at radius 1 is 1.05 bits per heavy atom. The summed E-state index contributed by atoms with van der Waals surface area (Å²) in [5.41, 5.74) is -0.217. The van der Waals surface area contributed by atoms with Gasteiger partial charge in [-0.15, -0.1) is 0 Å². The second kappa shape index (κ2) is 14.8. The number of hydrogen-bond acceptors (Lipinski definition) is 8. The predicted octanol–water partition coefficient (Wildman–Crippen LogP) is 3.06. The summed E-state index contributed by atoms with van der Waals surface area (Å²) < 4.78 is 44.3. The molecular formula is C31H42N4O8S. The number of carbonyl (C=O) groups excluding carboxylic acids is 3. The number of sulfonamides is 1. The Morgan fingerprint density at radius 2 is 1.77 bits per heavy atom. The van der Waals surface area contributed by atoms with Crippen LogP contribution in [0.2, 0.25) is 0 Å². The third-order valence-corrected chi connectivity index (χ3v) is 10.1. The smallest absolute Gasteiger partial charge is 0.407 e. The maximum Gasteiger partial charge on any atom is 0.407 e. The number of carbonyl (C=O) groups is 3. The summed E-state index contributed by atoms with van der Waals surface area (Å²) in [6.07, 6.45) is 2.15. The Hall–Kier alpha value is -3.84. The Labute approximate surface area is 259 Å². The first-order valence-corrected chi connectivity index (χ1v) is 16.4. The van der Waals surface area contributed by atoms with E-state index in [2.05, 4.69) is 10.6 Å². The maximum absolute atomic E-state index is 13.6.